The molecule has 0 radical (unpaired) electrons. The standard InChI is InChI=1S/2C9H18/c2*1-5-6-7-9(4)8(2)3/h2*7-8H,5-6H2,1-4H3. The van der Waals surface area contributed by atoms with Crippen LogP contribution in [0.15, 0.2) is 23.3 Å². The molecular formula is C18H36. The van der Waals surface area contributed by atoms with Gasteiger partial charge in [-0.2, -0.15) is 0 Å². The fraction of sp³-hybridized carbons (Fsp3) is 0.778. The Morgan fingerprint density at radius 2 is 1.00 bits per heavy atom. The lowest BCUT2D eigenvalue weighted by molar-refractivity contribution is 0.757. The summed E-state index contributed by atoms with van der Waals surface area (Å²) in [7, 11) is 0. The van der Waals surface area contributed by atoms with Gasteiger partial charge in [-0.3, -0.25) is 0 Å². The molecule has 0 nitrogen and oxygen atoms in total. The Bertz CT molecular complexity index is 202. The molecule has 0 fully saturated rings. The molecule has 0 unspecified atom stereocenters. The van der Waals surface area contributed by atoms with E-state index >= 15 is 0 Å². The van der Waals surface area contributed by atoms with Crippen LogP contribution in [0.4, 0.5) is 0 Å². The van der Waals surface area contributed by atoms with Crippen LogP contribution in [0.5, 0.6) is 0 Å². The number of rotatable bonds is 6. The molecule has 0 spiro atoms. The smallest absolute Gasteiger partial charge is 0.0263 e. The Balaban J connectivity index is 0. The second kappa shape index (κ2) is 12.9. The highest BCUT2D eigenvalue weighted by Gasteiger charge is 1.93. The van der Waals surface area contributed by atoms with Crippen molar-refractivity contribution in [2.24, 2.45) is 11.8 Å². The maximum absolute atomic E-state index is 2.34. The summed E-state index contributed by atoms with van der Waals surface area (Å²) in [4.78, 5) is 0. The zero-order chi connectivity index (χ0) is 14.6. The van der Waals surface area contributed by atoms with Crippen LogP contribution in [0.2, 0.25) is 0 Å². The molecule has 0 aromatic rings. The third-order valence-corrected chi connectivity index (χ3v) is 3.33. The molecule has 0 aliphatic heterocycles. The molecule has 0 heterocycles. The number of unbranched alkanes of at least 4 members (excludes halogenated alkanes) is 2. The van der Waals surface area contributed by atoms with Gasteiger partial charge in [-0.15, -0.1) is 0 Å². The second-order valence-electron chi connectivity index (χ2n) is 5.78. The van der Waals surface area contributed by atoms with E-state index in [1.54, 1.807) is 0 Å². The van der Waals surface area contributed by atoms with E-state index in [0.29, 0.717) is 0 Å². The van der Waals surface area contributed by atoms with Crippen LogP contribution >= 0.6 is 0 Å². The third kappa shape index (κ3) is 13.5. The molecule has 0 rings (SSSR count). The normalized spacial score (nSPS) is 12.8. The average molecular weight is 252 g/mol. The predicted molar refractivity (Wildman–Crippen MR) is 87.0 cm³/mol. The quantitative estimate of drug-likeness (QED) is 0.457. The highest BCUT2D eigenvalue weighted by molar-refractivity contribution is 5.00. The zero-order valence-electron chi connectivity index (χ0n) is 14.1. The van der Waals surface area contributed by atoms with Gasteiger partial charge >= 0.3 is 0 Å². The Morgan fingerprint density at radius 1 is 0.722 bits per heavy atom. The van der Waals surface area contributed by atoms with Crippen LogP contribution in [0.1, 0.15) is 81.1 Å². The number of hydrogen-bond donors (Lipinski definition) is 0. The van der Waals surface area contributed by atoms with Gasteiger partial charge in [-0.25, -0.2) is 0 Å². The topological polar surface area (TPSA) is 0 Å². The van der Waals surface area contributed by atoms with Gasteiger partial charge in [0.25, 0.3) is 0 Å². The summed E-state index contributed by atoms with van der Waals surface area (Å²) in [5.74, 6) is 1.47. The van der Waals surface area contributed by atoms with E-state index in [2.05, 4.69) is 67.5 Å². The summed E-state index contributed by atoms with van der Waals surface area (Å²) in [6.07, 6.45) is 9.69. The van der Waals surface area contributed by atoms with Crippen molar-refractivity contribution in [2.45, 2.75) is 81.1 Å². The van der Waals surface area contributed by atoms with Crippen LogP contribution in [-0.4, -0.2) is 0 Å². The van der Waals surface area contributed by atoms with Crippen LogP contribution in [0.25, 0.3) is 0 Å². The van der Waals surface area contributed by atoms with Gasteiger partial charge in [0, 0.05) is 0 Å². The van der Waals surface area contributed by atoms with Gasteiger partial charge in [-0.1, -0.05) is 77.7 Å². The van der Waals surface area contributed by atoms with Crippen molar-refractivity contribution in [3.8, 4) is 0 Å². The van der Waals surface area contributed by atoms with Gasteiger partial charge < -0.3 is 0 Å². The largest absolute Gasteiger partial charge is 0.0854 e. The Morgan fingerprint density at radius 3 is 1.17 bits per heavy atom. The minimum Gasteiger partial charge on any atom is -0.0854 e. The molecule has 18 heavy (non-hydrogen) atoms. The maximum Gasteiger partial charge on any atom is -0.0263 e. The first-order valence-corrected chi connectivity index (χ1v) is 7.69. The highest BCUT2D eigenvalue weighted by Crippen LogP contribution is 2.09. The molecule has 0 aliphatic carbocycles. The summed E-state index contributed by atoms with van der Waals surface area (Å²) in [6.45, 7) is 17.8. The highest BCUT2D eigenvalue weighted by atomic mass is 14.0. The molecule has 0 saturated heterocycles. The first-order chi connectivity index (χ1) is 8.36. The molecule has 0 amide bonds. The number of allylic oxidation sites excluding steroid dienone is 4. The molecule has 0 saturated carbocycles. The molecule has 108 valence electrons. The minimum absolute atomic E-state index is 0.733. The van der Waals surface area contributed by atoms with Gasteiger partial charge in [0.2, 0.25) is 0 Å². The van der Waals surface area contributed by atoms with Crippen molar-refractivity contribution in [1.82, 2.24) is 0 Å². The first kappa shape index (κ1) is 19.8. The molecule has 0 bridgehead atoms. The maximum atomic E-state index is 2.34. The molecule has 0 aliphatic rings. The van der Waals surface area contributed by atoms with Crippen LogP contribution in [0, 0.1) is 11.8 Å². The van der Waals surface area contributed by atoms with E-state index in [0.717, 1.165) is 11.8 Å². The van der Waals surface area contributed by atoms with E-state index in [1.807, 2.05) is 0 Å². The van der Waals surface area contributed by atoms with Crippen LogP contribution in [-0.2, 0) is 0 Å². The van der Waals surface area contributed by atoms with Crippen molar-refractivity contribution in [3.05, 3.63) is 23.3 Å². The average Bonchev–Trinajstić information content (AvgIpc) is 2.33. The Hall–Kier alpha value is -0.520. The molecule has 0 N–H and O–H groups in total. The summed E-state index contributed by atoms with van der Waals surface area (Å²) in [5, 5.41) is 0. The zero-order valence-corrected chi connectivity index (χ0v) is 14.1. The summed E-state index contributed by atoms with van der Waals surface area (Å²) in [5.41, 5.74) is 3.05. The summed E-state index contributed by atoms with van der Waals surface area (Å²) in [6, 6.07) is 0. The van der Waals surface area contributed by atoms with E-state index in [1.165, 1.54) is 36.8 Å². The van der Waals surface area contributed by atoms with Gasteiger partial charge in [-0.05, 0) is 38.5 Å². The molecular weight excluding hydrogens is 216 g/mol. The molecule has 0 heteroatoms. The van der Waals surface area contributed by atoms with E-state index < -0.39 is 0 Å². The predicted octanol–water partition coefficient (Wildman–Crippen LogP) is 6.78. The fourth-order valence-corrected chi connectivity index (χ4v) is 1.22. The van der Waals surface area contributed by atoms with E-state index in [-0.39, 0.29) is 0 Å². The molecule has 0 aromatic carbocycles. The van der Waals surface area contributed by atoms with Crippen molar-refractivity contribution in [1.29, 1.82) is 0 Å². The second-order valence-corrected chi connectivity index (χ2v) is 5.78. The molecule has 0 atom stereocenters. The Labute approximate surface area is 117 Å². The van der Waals surface area contributed by atoms with Crippen LogP contribution in [0.3, 0.4) is 0 Å². The summed E-state index contributed by atoms with van der Waals surface area (Å²) >= 11 is 0. The lowest BCUT2D eigenvalue weighted by Crippen LogP contribution is -1.87. The monoisotopic (exact) mass is 252 g/mol. The lowest BCUT2D eigenvalue weighted by Gasteiger charge is -2.02. The SMILES string of the molecule is CCCC=C(C)C(C)C.CCCC=C(C)C(C)C. The van der Waals surface area contributed by atoms with Gasteiger partial charge in [0.1, 0.15) is 0 Å². The van der Waals surface area contributed by atoms with Crippen molar-refractivity contribution in [2.75, 3.05) is 0 Å². The van der Waals surface area contributed by atoms with Crippen molar-refractivity contribution >= 4 is 0 Å². The third-order valence-electron chi connectivity index (χ3n) is 3.33. The number of hydrogen-bond acceptors (Lipinski definition) is 0. The lowest BCUT2D eigenvalue weighted by atomic mass is 10.0. The van der Waals surface area contributed by atoms with Crippen LogP contribution < -0.4 is 0 Å². The Kier molecular flexibility index (Phi) is 14.2. The first-order valence-electron chi connectivity index (χ1n) is 7.69. The van der Waals surface area contributed by atoms with Crippen molar-refractivity contribution < 1.29 is 0 Å². The van der Waals surface area contributed by atoms with E-state index in [4.69, 9.17) is 0 Å². The van der Waals surface area contributed by atoms with Crippen molar-refractivity contribution in [3.63, 3.8) is 0 Å². The summed E-state index contributed by atoms with van der Waals surface area (Å²) < 4.78 is 0. The van der Waals surface area contributed by atoms with Gasteiger partial charge in [0.15, 0.2) is 0 Å². The van der Waals surface area contributed by atoms with E-state index in [9.17, 15) is 0 Å². The minimum atomic E-state index is 0.733. The van der Waals surface area contributed by atoms with Gasteiger partial charge in [0.05, 0.1) is 0 Å². The fourth-order valence-electron chi connectivity index (χ4n) is 1.22. The molecule has 0 aromatic heterocycles.